The minimum atomic E-state index is -1.56. The molecule has 0 bridgehead atoms. The smallest absolute Gasteiger partial charge is 0.203 e. The highest BCUT2D eigenvalue weighted by atomic mass is 32.1. The molecule has 1 heterocycles. The van der Waals surface area contributed by atoms with Gasteiger partial charge in [-0.2, -0.15) is 8.78 Å². The third kappa shape index (κ3) is 3.54. The third-order valence-electron chi connectivity index (χ3n) is 2.42. The average Bonchev–Trinajstić information content (AvgIpc) is 2.91. The molecule has 0 amide bonds. The van der Waals surface area contributed by atoms with E-state index in [1.165, 1.54) is 11.3 Å². The molecule has 0 saturated heterocycles. The molecule has 0 aliphatic rings. The summed E-state index contributed by atoms with van der Waals surface area (Å²) in [5.41, 5.74) is 5.91. The van der Waals surface area contributed by atoms with Crippen LogP contribution >= 0.6 is 11.3 Å². The van der Waals surface area contributed by atoms with Gasteiger partial charge < -0.3 is 10.5 Å². The van der Waals surface area contributed by atoms with Gasteiger partial charge in [0.25, 0.3) is 0 Å². The van der Waals surface area contributed by atoms with Gasteiger partial charge in [0.1, 0.15) is 6.61 Å². The van der Waals surface area contributed by atoms with Crippen LogP contribution in [0.25, 0.3) is 0 Å². The van der Waals surface area contributed by atoms with Crippen LogP contribution in [-0.4, -0.2) is 6.54 Å². The molecule has 0 saturated carbocycles. The van der Waals surface area contributed by atoms with E-state index in [2.05, 4.69) is 11.8 Å². The first-order chi connectivity index (χ1) is 10.0. The highest BCUT2D eigenvalue weighted by Gasteiger charge is 2.20. The van der Waals surface area contributed by atoms with Crippen molar-refractivity contribution in [1.82, 2.24) is 0 Å². The average molecular weight is 315 g/mol. The lowest BCUT2D eigenvalue weighted by molar-refractivity contribution is 0.264. The molecule has 2 N–H and O–H groups in total. The second-order valence-corrected chi connectivity index (χ2v) is 4.89. The van der Waals surface area contributed by atoms with E-state index in [9.17, 15) is 17.6 Å². The first-order valence-corrected chi connectivity index (χ1v) is 6.63. The first-order valence-electron chi connectivity index (χ1n) is 5.75. The van der Waals surface area contributed by atoms with Gasteiger partial charge in [0.15, 0.2) is 17.4 Å². The maximum absolute atomic E-state index is 13.4. The van der Waals surface area contributed by atoms with Crippen LogP contribution in [-0.2, 0) is 6.61 Å². The summed E-state index contributed by atoms with van der Waals surface area (Å²) in [6, 6.07) is 1.77. The zero-order chi connectivity index (χ0) is 15.4. The number of rotatable bonds is 3. The molecule has 2 aromatic rings. The fraction of sp³-hybridized carbons (Fsp3) is 0.143. The number of hydrogen-bond donors (Lipinski definition) is 1. The topological polar surface area (TPSA) is 35.2 Å². The second kappa shape index (κ2) is 6.61. The molecule has 7 heteroatoms. The van der Waals surface area contributed by atoms with E-state index in [1.807, 2.05) is 0 Å². The molecule has 0 aliphatic heterocycles. The quantitative estimate of drug-likeness (QED) is 0.536. The van der Waals surface area contributed by atoms with Gasteiger partial charge in [0, 0.05) is 21.9 Å². The number of ether oxygens (including phenoxy) is 1. The Bertz CT molecular complexity index is 691. The Morgan fingerprint density at radius 3 is 2.38 bits per heavy atom. The Kier molecular flexibility index (Phi) is 4.83. The van der Waals surface area contributed by atoms with E-state index in [0.717, 1.165) is 0 Å². The number of hydrogen-bond acceptors (Lipinski definition) is 3. The van der Waals surface area contributed by atoms with Crippen molar-refractivity contribution in [2.75, 3.05) is 6.54 Å². The molecule has 0 unspecified atom stereocenters. The third-order valence-corrected chi connectivity index (χ3v) is 3.33. The summed E-state index contributed by atoms with van der Waals surface area (Å²) in [6.45, 7) is -0.0215. The maximum atomic E-state index is 13.4. The predicted octanol–water partition coefficient (Wildman–Crippen LogP) is 3.19. The molecule has 1 aromatic carbocycles. The summed E-state index contributed by atoms with van der Waals surface area (Å²) in [5, 5.41) is 1.71. The molecule has 2 nitrogen and oxygen atoms in total. The van der Waals surface area contributed by atoms with Crippen LogP contribution in [0.5, 0.6) is 5.75 Å². The Morgan fingerprint density at radius 1 is 1.10 bits per heavy atom. The Morgan fingerprint density at radius 2 is 1.76 bits per heavy atom. The van der Waals surface area contributed by atoms with Gasteiger partial charge in [-0.15, -0.1) is 11.3 Å². The lowest BCUT2D eigenvalue weighted by Crippen LogP contribution is -2.03. The molecule has 0 spiro atoms. The fourth-order valence-electron chi connectivity index (χ4n) is 1.50. The molecular weight excluding hydrogens is 306 g/mol. The Labute approximate surface area is 122 Å². The molecular formula is C14H9F4NOS. The molecule has 2 rings (SSSR count). The minimum Gasteiger partial charge on any atom is -0.482 e. The van der Waals surface area contributed by atoms with Gasteiger partial charge in [-0.3, -0.25) is 0 Å². The van der Waals surface area contributed by atoms with E-state index in [0.29, 0.717) is 10.4 Å². The zero-order valence-electron chi connectivity index (χ0n) is 10.6. The standard InChI is InChI=1S/C14H9F4NOS/c15-10-5-11(16)13(18)14(12(10)17)20-6-9-4-8(7-21-9)2-1-3-19/h4-5,7H,3,6,19H2. The fourth-order valence-corrected chi connectivity index (χ4v) is 2.22. The van der Waals surface area contributed by atoms with Crippen LogP contribution in [0, 0.1) is 35.1 Å². The van der Waals surface area contributed by atoms with E-state index in [1.54, 1.807) is 11.4 Å². The Hall–Kier alpha value is -2.04. The summed E-state index contributed by atoms with van der Waals surface area (Å²) in [5.74, 6) is -1.79. The normalized spacial score (nSPS) is 10.1. The minimum absolute atomic E-state index is 0.128. The van der Waals surface area contributed by atoms with Crippen molar-refractivity contribution < 1.29 is 22.3 Å². The number of nitrogens with two attached hydrogens (primary N) is 1. The van der Waals surface area contributed by atoms with Crippen molar-refractivity contribution in [3.8, 4) is 17.6 Å². The van der Waals surface area contributed by atoms with Crippen molar-refractivity contribution >= 4 is 11.3 Å². The summed E-state index contributed by atoms with van der Waals surface area (Å²) < 4.78 is 57.6. The number of thiophene rings is 1. The molecule has 0 aliphatic carbocycles. The largest absolute Gasteiger partial charge is 0.482 e. The maximum Gasteiger partial charge on any atom is 0.203 e. The van der Waals surface area contributed by atoms with Gasteiger partial charge >= 0.3 is 0 Å². The second-order valence-electron chi connectivity index (χ2n) is 3.89. The number of benzene rings is 1. The van der Waals surface area contributed by atoms with Gasteiger partial charge in [-0.1, -0.05) is 11.8 Å². The molecule has 21 heavy (non-hydrogen) atoms. The SMILES string of the molecule is NCC#Cc1csc(COc2c(F)c(F)cc(F)c2F)c1. The number of halogens is 4. The van der Waals surface area contributed by atoms with Crippen LogP contribution in [0.3, 0.4) is 0 Å². The van der Waals surface area contributed by atoms with Crippen LogP contribution in [0.15, 0.2) is 17.5 Å². The van der Waals surface area contributed by atoms with Crippen molar-refractivity contribution in [3.63, 3.8) is 0 Å². The Balaban J connectivity index is 2.15. The first kappa shape index (κ1) is 15.4. The summed E-state index contributed by atoms with van der Waals surface area (Å²) in [6.07, 6.45) is 0. The van der Waals surface area contributed by atoms with Crippen LogP contribution in [0.2, 0.25) is 0 Å². The zero-order valence-corrected chi connectivity index (χ0v) is 11.4. The molecule has 0 atom stereocenters. The molecule has 110 valence electrons. The van der Waals surface area contributed by atoms with Crippen molar-refractivity contribution in [2.45, 2.75) is 6.61 Å². The van der Waals surface area contributed by atoms with Crippen molar-refractivity contribution in [3.05, 3.63) is 51.2 Å². The van der Waals surface area contributed by atoms with Crippen LogP contribution in [0.4, 0.5) is 17.6 Å². The van der Waals surface area contributed by atoms with E-state index in [4.69, 9.17) is 10.5 Å². The highest BCUT2D eigenvalue weighted by molar-refractivity contribution is 7.10. The predicted molar refractivity (Wildman–Crippen MR) is 70.9 cm³/mol. The van der Waals surface area contributed by atoms with Gasteiger partial charge in [-0.25, -0.2) is 8.78 Å². The molecule has 1 aromatic heterocycles. The lowest BCUT2D eigenvalue weighted by Gasteiger charge is -2.08. The summed E-state index contributed by atoms with van der Waals surface area (Å²) in [4.78, 5) is 0.597. The lowest BCUT2D eigenvalue weighted by atomic mass is 10.3. The van der Waals surface area contributed by atoms with E-state index < -0.39 is 29.0 Å². The summed E-state index contributed by atoms with van der Waals surface area (Å²) in [7, 11) is 0. The van der Waals surface area contributed by atoms with Gasteiger partial charge in [-0.05, 0) is 6.07 Å². The van der Waals surface area contributed by atoms with Crippen LogP contribution < -0.4 is 10.5 Å². The van der Waals surface area contributed by atoms with E-state index in [-0.39, 0.29) is 19.2 Å². The van der Waals surface area contributed by atoms with Crippen molar-refractivity contribution in [1.29, 1.82) is 0 Å². The highest BCUT2D eigenvalue weighted by Crippen LogP contribution is 2.27. The summed E-state index contributed by atoms with van der Waals surface area (Å²) >= 11 is 1.24. The van der Waals surface area contributed by atoms with Crippen molar-refractivity contribution in [2.24, 2.45) is 5.73 Å². The molecule has 0 fully saturated rings. The van der Waals surface area contributed by atoms with E-state index >= 15 is 0 Å². The van der Waals surface area contributed by atoms with Gasteiger partial charge in [0.2, 0.25) is 11.6 Å². The van der Waals surface area contributed by atoms with Gasteiger partial charge in [0.05, 0.1) is 6.54 Å². The monoisotopic (exact) mass is 315 g/mol. The van der Waals surface area contributed by atoms with Crippen LogP contribution in [0.1, 0.15) is 10.4 Å². The molecule has 0 radical (unpaired) electrons.